The van der Waals surface area contributed by atoms with Crippen LogP contribution in [0.15, 0.2) is 24.3 Å². The SMILES string of the molecule is CCOc1c(C2CC(=O)OC2=O)c2ccccc2n1C(C)=O. The molecule has 2 aromatic rings. The molecule has 1 aliphatic rings. The van der Waals surface area contributed by atoms with E-state index in [0.717, 1.165) is 5.39 Å². The van der Waals surface area contributed by atoms with E-state index in [4.69, 9.17) is 4.74 Å². The van der Waals surface area contributed by atoms with E-state index in [1.807, 2.05) is 12.1 Å². The van der Waals surface area contributed by atoms with Gasteiger partial charge in [0.1, 0.15) is 0 Å². The molecule has 1 unspecified atom stereocenters. The van der Waals surface area contributed by atoms with Crippen LogP contribution in [0.4, 0.5) is 0 Å². The molecule has 0 radical (unpaired) electrons. The van der Waals surface area contributed by atoms with E-state index in [-0.39, 0.29) is 12.3 Å². The topological polar surface area (TPSA) is 74.6 Å². The Labute approximate surface area is 126 Å². The van der Waals surface area contributed by atoms with Gasteiger partial charge < -0.3 is 9.47 Å². The smallest absolute Gasteiger partial charge is 0.321 e. The molecule has 1 aliphatic heterocycles. The van der Waals surface area contributed by atoms with Crippen molar-refractivity contribution in [3.05, 3.63) is 29.8 Å². The largest absolute Gasteiger partial charge is 0.479 e. The van der Waals surface area contributed by atoms with Crippen LogP contribution in [0.2, 0.25) is 0 Å². The van der Waals surface area contributed by atoms with Crippen LogP contribution in [0, 0.1) is 0 Å². The van der Waals surface area contributed by atoms with Crippen molar-refractivity contribution in [2.24, 2.45) is 0 Å². The van der Waals surface area contributed by atoms with Gasteiger partial charge in [-0.1, -0.05) is 18.2 Å². The second-order valence-electron chi connectivity index (χ2n) is 5.07. The molecule has 0 aliphatic carbocycles. The molecule has 6 nitrogen and oxygen atoms in total. The number of cyclic esters (lactones) is 2. The third kappa shape index (κ3) is 2.07. The molecule has 1 aromatic carbocycles. The summed E-state index contributed by atoms with van der Waals surface area (Å²) in [6, 6.07) is 7.21. The average molecular weight is 301 g/mol. The van der Waals surface area contributed by atoms with Gasteiger partial charge in [0.2, 0.25) is 11.8 Å². The zero-order chi connectivity index (χ0) is 15.9. The lowest BCUT2D eigenvalue weighted by Gasteiger charge is -2.11. The summed E-state index contributed by atoms with van der Waals surface area (Å²) in [5, 5.41) is 0.720. The highest BCUT2D eigenvalue weighted by atomic mass is 16.6. The summed E-state index contributed by atoms with van der Waals surface area (Å²) in [6.07, 6.45) is -0.0369. The molecule has 2 heterocycles. The molecule has 1 atom stereocenters. The van der Waals surface area contributed by atoms with E-state index in [1.165, 1.54) is 11.5 Å². The number of hydrogen-bond acceptors (Lipinski definition) is 5. The predicted octanol–water partition coefficient (Wildman–Crippen LogP) is 2.26. The highest BCUT2D eigenvalue weighted by Crippen LogP contribution is 2.41. The van der Waals surface area contributed by atoms with Gasteiger partial charge in [-0.05, 0) is 13.0 Å². The number of benzene rings is 1. The van der Waals surface area contributed by atoms with Gasteiger partial charge in [-0.3, -0.25) is 19.0 Å². The van der Waals surface area contributed by atoms with Gasteiger partial charge in [-0.15, -0.1) is 0 Å². The molecule has 0 spiro atoms. The second kappa shape index (κ2) is 5.29. The van der Waals surface area contributed by atoms with Crippen LogP contribution in [0.5, 0.6) is 5.88 Å². The summed E-state index contributed by atoms with van der Waals surface area (Å²) in [4.78, 5) is 35.4. The second-order valence-corrected chi connectivity index (χ2v) is 5.07. The number of hydrogen-bond donors (Lipinski definition) is 0. The maximum absolute atomic E-state index is 12.0. The fourth-order valence-corrected chi connectivity index (χ4v) is 2.86. The van der Waals surface area contributed by atoms with Crippen molar-refractivity contribution in [1.82, 2.24) is 4.57 Å². The van der Waals surface area contributed by atoms with Crippen molar-refractivity contribution >= 4 is 28.7 Å². The van der Waals surface area contributed by atoms with E-state index in [9.17, 15) is 14.4 Å². The lowest BCUT2D eigenvalue weighted by Crippen LogP contribution is -2.12. The quantitative estimate of drug-likeness (QED) is 0.642. The minimum atomic E-state index is -0.737. The Morgan fingerprint density at radius 2 is 2.09 bits per heavy atom. The van der Waals surface area contributed by atoms with Crippen LogP contribution in [0.1, 0.15) is 36.5 Å². The van der Waals surface area contributed by atoms with Gasteiger partial charge in [0, 0.05) is 17.9 Å². The van der Waals surface area contributed by atoms with Crippen molar-refractivity contribution in [3.63, 3.8) is 0 Å². The number of rotatable bonds is 3. The van der Waals surface area contributed by atoms with Gasteiger partial charge in [0.25, 0.3) is 0 Å². The molecule has 0 bridgehead atoms. The van der Waals surface area contributed by atoms with Crippen LogP contribution < -0.4 is 4.74 Å². The summed E-state index contributed by atoms with van der Waals surface area (Å²) in [7, 11) is 0. The Morgan fingerprint density at radius 3 is 2.68 bits per heavy atom. The van der Waals surface area contributed by atoms with Crippen molar-refractivity contribution in [3.8, 4) is 5.88 Å². The first-order chi connectivity index (χ1) is 10.5. The zero-order valence-corrected chi connectivity index (χ0v) is 12.3. The molecule has 0 N–H and O–H groups in total. The lowest BCUT2D eigenvalue weighted by atomic mass is 9.96. The van der Waals surface area contributed by atoms with Gasteiger partial charge >= 0.3 is 11.9 Å². The molecule has 114 valence electrons. The molecular weight excluding hydrogens is 286 g/mol. The van der Waals surface area contributed by atoms with Crippen LogP contribution >= 0.6 is 0 Å². The van der Waals surface area contributed by atoms with Gasteiger partial charge in [0.05, 0.1) is 24.5 Å². The number of carbonyl (C=O) groups is 3. The van der Waals surface area contributed by atoms with Crippen molar-refractivity contribution in [1.29, 1.82) is 0 Å². The summed E-state index contributed by atoms with van der Waals surface area (Å²) >= 11 is 0. The number of aromatic nitrogens is 1. The van der Waals surface area contributed by atoms with Gasteiger partial charge in [-0.2, -0.15) is 0 Å². The first kappa shape index (κ1) is 14.3. The van der Waals surface area contributed by atoms with E-state index in [1.54, 1.807) is 19.1 Å². The van der Waals surface area contributed by atoms with E-state index >= 15 is 0 Å². The van der Waals surface area contributed by atoms with Crippen LogP contribution in [-0.4, -0.2) is 29.0 Å². The minimum absolute atomic E-state index is 0.0369. The van der Waals surface area contributed by atoms with Crippen LogP contribution in [-0.2, 0) is 14.3 Å². The molecule has 6 heteroatoms. The van der Waals surface area contributed by atoms with E-state index in [0.29, 0.717) is 23.6 Å². The lowest BCUT2D eigenvalue weighted by molar-refractivity contribution is -0.152. The Kier molecular flexibility index (Phi) is 3.44. The van der Waals surface area contributed by atoms with Crippen LogP contribution in [0.3, 0.4) is 0 Å². The minimum Gasteiger partial charge on any atom is -0.479 e. The number of fused-ring (bicyclic) bond motifs is 1. The maximum atomic E-state index is 12.0. The molecule has 22 heavy (non-hydrogen) atoms. The average Bonchev–Trinajstić information content (AvgIpc) is 2.95. The standard InChI is InChI=1S/C16H15NO5/c1-3-21-15-14(11-8-13(19)22-16(11)20)10-6-4-5-7-12(10)17(15)9(2)18/h4-7,11H,3,8H2,1-2H3. The van der Waals surface area contributed by atoms with E-state index < -0.39 is 17.9 Å². The fraction of sp³-hybridized carbons (Fsp3) is 0.312. The highest BCUT2D eigenvalue weighted by molar-refractivity contribution is 6.04. The molecular formula is C16H15NO5. The van der Waals surface area contributed by atoms with Crippen LogP contribution in [0.25, 0.3) is 10.9 Å². The number of esters is 2. The Balaban J connectivity index is 2.32. The van der Waals surface area contributed by atoms with Crippen molar-refractivity contribution in [2.45, 2.75) is 26.2 Å². The number of ether oxygens (including phenoxy) is 2. The Morgan fingerprint density at radius 1 is 1.36 bits per heavy atom. The number of carbonyl (C=O) groups excluding carboxylic acids is 3. The predicted molar refractivity (Wildman–Crippen MR) is 77.9 cm³/mol. The monoisotopic (exact) mass is 301 g/mol. The first-order valence-corrected chi connectivity index (χ1v) is 7.06. The molecule has 1 aromatic heterocycles. The third-order valence-electron chi connectivity index (χ3n) is 3.68. The normalized spacial score (nSPS) is 17.8. The summed E-state index contributed by atoms with van der Waals surface area (Å²) in [6.45, 7) is 3.56. The highest BCUT2D eigenvalue weighted by Gasteiger charge is 2.39. The van der Waals surface area contributed by atoms with Gasteiger partial charge in [-0.25, -0.2) is 0 Å². The van der Waals surface area contributed by atoms with Crippen molar-refractivity contribution in [2.75, 3.05) is 6.61 Å². The molecule has 0 amide bonds. The Bertz CT molecular complexity index is 789. The molecule has 1 saturated heterocycles. The Hall–Kier alpha value is -2.63. The third-order valence-corrected chi connectivity index (χ3v) is 3.68. The molecule has 3 rings (SSSR count). The molecule has 1 fully saturated rings. The fourth-order valence-electron chi connectivity index (χ4n) is 2.86. The summed E-state index contributed by atoms with van der Waals surface area (Å²) < 4.78 is 11.7. The van der Waals surface area contributed by atoms with E-state index in [2.05, 4.69) is 4.74 Å². The summed E-state index contributed by atoms with van der Waals surface area (Å²) in [5.41, 5.74) is 1.20. The number of nitrogens with zero attached hydrogens (tertiary/aromatic N) is 1. The summed E-state index contributed by atoms with van der Waals surface area (Å²) in [5.74, 6) is -1.80. The maximum Gasteiger partial charge on any atom is 0.321 e. The van der Waals surface area contributed by atoms with Crippen molar-refractivity contribution < 1.29 is 23.9 Å². The zero-order valence-electron chi connectivity index (χ0n) is 12.3. The number of para-hydroxylation sites is 1. The molecule has 0 saturated carbocycles. The van der Waals surface area contributed by atoms with Gasteiger partial charge in [0.15, 0.2) is 0 Å². The first-order valence-electron chi connectivity index (χ1n) is 7.06.